The van der Waals surface area contributed by atoms with Gasteiger partial charge in [0.1, 0.15) is 11.5 Å². The van der Waals surface area contributed by atoms with Crippen molar-refractivity contribution >= 4 is 28.3 Å². The van der Waals surface area contributed by atoms with E-state index in [1.165, 1.54) is 0 Å². The molecule has 0 bridgehead atoms. The Morgan fingerprint density at radius 2 is 1.82 bits per heavy atom. The van der Waals surface area contributed by atoms with E-state index in [0.29, 0.717) is 17.2 Å². The molecule has 0 unspecified atom stereocenters. The zero-order valence-corrected chi connectivity index (χ0v) is 15.4. The van der Waals surface area contributed by atoms with Gasteiger partial charge in [0, 0.05) is 7.05 Å². The number of likely N-dealkylation sites (N-methyl/N-ethyl adjacent to an activating group) is 1. The van der Waals surface area contributed by atoms with Gasteiger partial charge in [0.2, 0.25) is 0 Å². The second kappa shape index (κ2) is 7.60. The first-order valence-corrected chi connectivity index (χ1v) is 9.05. The van der Waals surface area contributed by atoms with Crippen LogP contribution in [0.25, 0.3) is 10.8 Å². The van der Waals surface area contributed by atoms with E-state index in [4.69, 9.17) is 9.47 Å². The van der Waals surface area contributed by atoms with Crippen LogP contribution in [0.5, 0.6) is 11.5 Å². The number of hydrogen-bond acceptors (Lipinski definition) is 4. The minimum absolute atomic E-state index is 0.132. The first-order valence-electron chi connectivity index (χ1n) is 9.05. The summed E-state index contributed by atoms with van der Waals surface area (Å²) in [6.07, 6.45) is -0.760. The number of ether oxygens (including phenoxy) is 2. The smallest absolute Gasteiger partial charge is 0.265 e. The number of anilines is 1. The van der Waals surface area contributed by atoms with Crippen LogP contribution in [0.2, 0.25) is 0 Å². The first kappa shape index (κ1) is 17.9. The van der Waals surface area contributed by atoms with Crippen LogP contribution in [-0.2, 0) is 9.59 Å². The quantitative estimate of drug-likeness (QED) is 0.760. The Bertz CT molecular complexity index is 1030. The Kier molecular flexibility index (Phi) is 4.85. The predicted molar refractivity (Wildman–Crippen MR) is 107 cm³/mol. The number of para-hydroxylation sites is 2. The highest BCUT2D eigenvalue weighted by Gasteiger charge is 2.33. The Balaban J connectivity index is 1.52. The average molecular weight is 376 g/mol. The maximum absolute atomic E-state index is 12.9. The van der Waals surface area contributed by atoms with Crippen LogP contribution >= 0.6 is 0 Å². The summed E-state index contributed by atoms with van der Waals surface area (Å²) in [5.74, 6) is 0.610. The van der Waals surface area contributed by atoms with E-state index >= 15 is 0 Å². The van der Waals surface area contributed by atoms with Crippen molar-refractivity contribution in [2.45, 2.75) is 6.10 Å². The number of nitrogens with one attached hydrogen (secondary N) is 1. The molecule has 6 nitrogen and oxygen atoms in total. The van der Waals surface area contributed by atoms with Gasteiger partial charge >= 0.3 is 0 Å². The molecule has 2 amide bonds. The lowest BCUT2D eigenvalue weighted by Crippen LogP contribution is -2.51. The molecule has 6 heteroatoms. The molecule has 0 spiro atoms. The van der Waals surface area contributed by atoms with E-state index in [1.807, 2.05) is 48.5 Å². The number of fused-ring (bicyclic) bond motifs is 2. The van der Waals surface area contributed by atoms with Crippen LogP contribution in [0.3, 0.4) is 0 Å². The molecule has 0 saturated carbocycles. The van der Waals surface area contributed by atoms with Crippen molar-refractivity contribution in [3.8, 4) is 11.5 Å². The lowest BCUT2D eigenvalue weighted by Gasteiger charge is -2.33. The molecule has 0 aliphatic carbocycles. The monoisotopic (exact) mass is 376 g/mol. The third-order valence-electron chi connectivity index (χ3n) is 4.70. The van der Waals surface area contributed by atoms with E-state index in [0.717, 1.165) is 10.8 Å². The van der Waals surface area contributed by atoms with Gasteiger partial charge in [-0.05, 0) is 35.0 Å². The normalized spacial score (nSPS) is 15.5. The number of hydrogen-bond donors (Lipinski definition) is 1. The molecule has 142 valence electrons. The summed E-state index contributed by atoms with van der Waals surface area (Å²) in [7, 11) is 1.54. The fraction of sp³-hybridized carbons (Fsp3) is 0.182. The fourth-order valence-electron chi connectivity index (χ4n) is 3.25. The number of carbonyl (C=O) groups is 2. The maximum atomic E-state index is 12.9. The van der Waals surface area contributed by atoms with Gasteiger partial charge in [0.15, 0.2) is 12.7 Å². The molecule has 1 atom stereocenters. The van der Waals surface area contributed by atoms with E-state index in [1.54, 1.807) is 30.1 Å². The summed E-state index contributed by atoms with van der Waals surface area (Å²) in [6.45, 7) is 0.00371. The van der Waals surface area contributed by atoms with Crippen LogP contribution < -0.4 is 19.7 Å². The van der Waals surface area contributed by atoms with Gasteiger partial charge in [-0.25, -0.2) is 0 Å². The standard InChI is InChI=1S/C22H20N2O4/c1-23-22(26)20-13-24(18-8-4-5-9-19(18)28-20)21(25)14-27-17-11-10-15-6-2-3-7-16(15)12-17/h2-12,20H,13-14H2,1H3,(H,23,26)/t20-/m0/s1. The minimum Gasteiger partial charge on any atom is -0.484 e. The number of nitrogens with zero attached hydrogens (tertiary/aromatic N) is 1. The van der Waals surface area contributed by atoms with Gasteiger partial charge in [-0.3, -0.25) is 9.59 Å². The molecule has 1 aliphatic rings. The third kappa shape index (κ3) is 3.49. The van der Waals surface area contributed by atoms with E-state index in [-0.39, 0.29) is 25.0 Å². The van der Waals surface area contributed by atoms with Crippen LogP contribution in [0.1, 0.15) is 0 Å². The molecule has 28 heavy (non-hydrogen) atoms. The van der Waals surface area contributed by atoms with Gasteiger partial charge < -0.3 is 19.7 Å². The molecular formula is C22H20N2O4. The van der Waals surface area contributed by atoms with Gasteiger partial charge in [-0.15, -0.1) is 0 Å². The molecule has 3 aromatic rings. The fourth-order valence-corrected chi connectivity index (χ4v) is 3.25. The zero-order valence-electron chi connectivity index (χ0n) is 15.4. The number of carbonyl (C=O) groups excluding carboxylic acids is 2. The Morgan fingerprint density at radius 3 is 2.64 bits per heavy atom. The summed E-state index contributed by atoms with van der Waals surface area (Å²) in [6, 6.07) is 20.8. The number of amides is 2. The van der Waals surface area contributed by atoms with Crippen LogP contribution in [0.4, 0.5) is 5.69 Å². The van der Waals surface area contributed by atoms with Gasteiger partial charge in [-0.2, -0.15) is 0 Å². The SMILES string of the molecule is CNC(=O)[C@@H]1CN(C(=O)COc2ccc3ccccc3c2)c2ccccc2O1. The number of benzene rings is 3. The van der Waals surface area contributed by atoms with Crippen molar-refractivity contribution in [3.05, 3.63) is 66.7 Å². The molecule has 0 saturated heterocycles. The lowest BCUT2D eigenvalue weighted by molar-refractivity contribution is -0.128. The minimum atomic E-state index is -0.760. The van der Waals surface area contributed by atoms with E-state index in [2.05, 4.69) is 5.32 Å². The Labute approximate surface area is 162 Å². The molecule has 1 aliphatic heterocycles. The summed E-state index contributed by atoms with van der Waals surface area (Å²) in [4.78, 5) is 26.5. The van der Waals surface area contributed by atoms with Crippen molar-refractivity contribution in [3.63, 3.8) is 0 Å². The van der Waals surface area contributed by atoms with Gasteiger partial charge in [0.25, 0.3) is 11.8 Å². The molecule has 3 aromatic carbocycles. The highest BCUT2D eigenvalue weighted by molar-refractivity contribution is 5.98. The maximum Gasteiger partial charge on any atom is 0.265 e. The van der Waals surface area contributed by atoms with Crippen LogP contribution in [0.15, 0.2) is 66.7 Å². The molecule has 1 heterocycles. The largest absolute Gasteiger partial charge is 0.484 e. The van der Waals surface area contributed by atoms with E-state index < -0.39 is 6.10 Å². The summed E-state index contributed by atoms with van der Waals surface area (Å²) < 4.78 is 11.5. The summed E-state index contributed by atoms with van der Waals surface area (Å²) >= 11 is 0. The van der Waals surface area contributed by atoms with Crippen molar-refractivity contribution in [1.29, 1.82) is 0 Å². The van der Waals surface area contributed by atoms with Crippen LogP contribution in [-0.4, -0.2) is 38.1 Å². The van der Waals surface area contributed by atoms with Crippen molar-refractivity contribution in [2.75, 3.05) is 25.1 Å². The molecule has 4 rings (SSSR count). The first-order chi connectivity index (χ1) is 13.7. The Morgan fingerprint density at radius 1 is 1.07 bits per heavy atom. The second-order valence-electron chi connectivity index (χ2n) is 6.49. The molecular weight excluding hydrogens is 356 g/mol. The Hall–Kier alpha value is -3.54. The second-order valence-corrected chi connectivity index (χ2v) is 6.49. The summed E-state index contributed by atoms with van der Waals surface area (Å²) in [5.41, 5.74) is 0.634. The topological polar surface area (TPSA) is 67.9 Å². The number of rotatable bonds is 4. The van der Waals surface area contributed by atoms with Crippen molar-refractivity contribution < 1.29 is 19.1 Å². The zero-order chi connectivity index (χ0) is 19.5. The van der Waals surface area contributed by atoms with Crippen molar-refractivity contribution in [1.82, 2.24) is 5.32 Å². The van der Waals surface area contributed by atoms with Crippen molar-refractivity contribution in [2.24, 2.45) is 0 Å². The predicted octanol–water partition coefficient (Wildman–Crippen LogP) is 2.76. The van der Waals surface area contributed by atoms with Gasteiger partial charge in [-0.1, -0.05) is 42.5 Å². The summed E-state index contributed by atoms with van der Waals surface area (Å²) in [5, 5.41) is 4.72. The van der Waals surface area contributed by atoms with Crippen LogP contribution in [0, 0.1) is 0 Å². The third-order valence-corrected chi connectivity index (χ3v) is 4.70. The highest BCUT2D eigenvalue weighted by Crippen LogP contribution is 2.33. The lowest BCUT2D eigenvalue weighted by atomic mass is 10.1. The highest BCUT2D eigenvalue weighted by atomic mass is 16.5. The molecule has 1 N–H and O–H groups in total. The average Bonchev–Trinajstić information content (AvgIpc) is 2.75. The van der Waals surface area contributed by atoms with Gasteiger partial charge in [0.05, 0.1) is 12.2 Å². The molecule has 0 aromatic heterocycles. The molecule has 0 radical (unpaired) electrons. The van der Waals surface area contributed by atoms with E-state index in [9.17, 15) is 9.59 Å². The molecule has 0 fully saturated rings.